The highest BCUT2D eigenvalue weighted by molar-refractivity contribution is 9.10. The lowest BCUT2D eigenvalue weighted by Crippen LogP contribution is -2.29. The summed E-state index contributed by atoms with van der Waals surface area (Å²) in [5, 5.41) is 4.35. The average molecular weight is 516 g/mol. The summed E-state index contributed by atoms with van der Waals surface area (Å²) in [4.78, 5) is 0.261. The van der Waals surface area contributed by atoms with E-state index in [0.29, 0.717) is 16.6 Å². The number of benzene rings is 3. The van der Waals surface area contributed by atoms with Crippen LogP contribution in [-0.4, -0.2) is 8.42 Å². The largest absolute Gasteiger partial charge is 0.378 e. The van der Waals surface area contributed by atoms with Crippen molar-refractivity contribution in [3.63, 3.8) is 0 Å². The molecule has 7 heteroatoms. The van der Waals surface area contributed by atoms with E-state index < -0.39 is 10.0 Å². The number of rotatable bonds is 4. The second-order valence-corrected chi connectivity index (χ2v) is 10.9. The Morgan fingerprint density at radius 3 is 2.61 bits per heavy atom. The molecule has 1 heterocycles. The predicted molar refractivity (Wildman–Crippen MR) is 129 cm³/mol. The van der Waals surface area contributed by atoms with Gasteiger partial charge in [0.25, 0.3) is 10.0 Å². The van der Waals surface area contributed by atoms with Crippen LogP contribution in [0, 0.1) is 5.92 Å². The van der Waals surface area contributed by atoms with Crippen molar-refractivity contribution in [2.75, 3.05) is 10.0 Å². The molecule has 0 fully saturated rings. The SMILES string of the molecule is O=S(=O)(Nc1cccc(Br)c1)c1ccc2c(c1)[C@H]1C=CC[C@H]1[C@@H](c1ccc(Cl)cc1)N2. The molecule has 3 atom stereocenters. The maximum absolute atomic E-state index is 13.0. The minimum Gasteiger partial charge on any atom is -0.378 e. The fraction of sp³-hybridized carbons (Fsp3) is 0.167. The third kappa shape index (κ3) is 4.00. The number of sulfonamides is 1. The summed E-state index contributed by atoms with van der Waals surface area (Å²) in [7, 11) is -3.70. The van der Waals surface area contributed by atoms with Crippen molar-refractivity contribution in [1.82, 2.24) is 0 Å². The Hall–Kier alpha value is -2.28. The summed E-state index contributed by atoms with van der Waals surface area (Å²) in [5.41, 5.74) is 3.68. The van der Waals surface area contributed by atoms with Crippen LogP contribution in [0.15, 0.2) is 88.3 Å². The molecule has 5 rings (SSSR count). The molecule has 2 N–H and O–H groups in total. The molecule has 0 bridgehead atoms. The molecule has 3 aromatic rings. The topological polar surface area (TPSA) is 58.2 Å². The number of hydrogen-bond donors (Lipinski definition) is 2. The molecule has 0 amide bonds. The molecule has 1 aliphatic heterocycles. The van der Waals surface area contributed by atoms with E-state index in [2.05, 4.69) is 50.3 Å². The van der Waals surface area contributed by atoms with Crippen LogP contribution < -0.4 is 10.0 Å². The Kier molecular flexibility index (Phi) is 5.32. The maximum atomic E-state index is 13.0. The molecule has 4 nitrogen and oxygen atoms in total. The van der Waals surface area contributed by atoms with Crippen LogP contribution in [0.5, 0.6) is 0 Å². The van der Waals surface area contributed by atoms with Crippen LogP contribution in [0.1, 0.15) is 29.5 Å². The van der Waals surface area contributed by atoms with E-state index in [1.807, 2.05) is 24.3 Å². The fourth-order valence-corrected chi connectivity index (χ4v) is 6.12. The van der Waals surface area contributed by atoms with Crippen LogP contribution >= 0.6 is 27.5 Å². The van der Waals surface area contributed by atoms with E-state index in [1.165, 1.54) is 5.56 Å². The van der Waals surface area contributed by atoms with Crippen LogP contribution in [-0.2, 0) is 10.0 Å². The standard InChI is InChI=1S/C24H20BrClN2O2S/c25-16-3-1-4-18(13-16)28-31(29,30)19-11-12-23-22(14-19)20-5-2-6-21(20)24(27-23)15-7-9-17(26)10-8-15/h1-5,7-14,20-21,24,27-28H,6H2/t20-,21+,24+/m0/s1. The fourth-order valence-electron chi connectivity index (χ4n) is 4.51. The molecule has 1 aliphatic carbocycles. The minimum absolute atomic E-state index is 0.145. The summed E-state index contributed by atoms with van der Waals surface area (Å²) < 4.78 is 29.5. The Morgan fingerprint density at radius 1 is 1.03 bits per heavy atom. The lowest BCUT2D eigenvalue weighted by molar-refractivity contribution is 0.425. The van der Waals surface area contributed by atoms with Crippen molar-refractivity contribution in [2.45, 2.75) is 23.3 Å². The van der Waals surface area contributed by atoms with Crippen molar-refractivity contribution in [3.05, 3.63) is 99.5 Å². The van der Waals surface area contributed by atoms with Gasteiger partial charge in [-0.2, -0.15) is 0 Å². The highest BCUT2D eigenvalue weighted by Crippen LogP contribution is 2.50. The van der Waals surface area contributed by atoms with Gasteiger partial charge in [-0.3, -0.25) is 4.72 Å². The number of allylic oxidation sites excluding steroid dienone is 2. The number of halogens is 2. The number of hydrogen-bond acceptors (Lipinski definition) is 3. The molecular weight excluding hydrogens is 496 g/mol. The van der Waals surface area contributed by atoms with Crippen LogP contribution in [0.2, 0.25) is 5.02 Å². The summed E-state index contributed by atoms with van der Waals surface area (Å²) in [6, 6.07) is 20.5. The molecule has 0 saturated heterocycles. The molecule has 0 aromatic heterocycles. The Morgan fingerprint density at radius 2 is 1.84 bits per heavy atom. The van der Waals surface area contributed by atoms with Crippen molar-refractivity contribution in [1.29, 1.82) is 0 Å². The zero-order valence-corrected chi connectivity index (χ0v) is 19.6. The molecule has 0 saturated carbocycles. The van der Waals surface area contributed by atoms with E-state index in [-0.39, 0.29) is 16.9 Å². The molecule has 2 aliphatic rings. The maximum Gasteiger partial charge on any atom is 0.261 e. The van der Waals surface area contributed by atoms with E-state index in [4.69, 9.17) is 11.6 Å². The van der Waals surface area contributed by atoms with E-state index in [0.717, 1.165) is 22.1 Å². The zero-order valence-electron chi connectivity index (χ0n) is 16.4. The lowest BCUT2D eigenvalue weighted by Gasteiger charge is -2.37. The Balaban J connectivity index is 1.49. The summed E-state index contributed by atoms with van der Waals surface area (Å²) in [6.45, 7) is 0. The van der Waals surface area contributed by atoms with Crippen LogP contribution in [0.4, 0.5) is 11.4 Å². The van der Waals surface area contributed by atoms with Gasteiger partial charge in [-0.25, -0.2) is 8.42 Å². The van der Waals surface area contributed by atoms with Gasteiger partial charge in [-0.15, -0.1) is 0 Å². The lowest BCUT2D eigenvalue weighted by atomic mass is 9.77. The van der Waals surface area contributed by atoms with E-state index in [9.17, 15) is 8.42 Å². The van der Waals surface area contributed by atoms with Crippen molar-refractivity contribution < 1.29 is 8.42 Å². The smallest absolute Gasteiger partial charge is 0.261 e. The average Bonchev–Trinajstić information content (AvgIpc) is 3.23. The van der Waals surface area contributed by atoms with Gasteiger partial charge < -0.3 is 5.32 Å². The van der Waals surface area contributed by atoms with Gasteiger partial charge in [0.2, 0.25) is 0 Å². The molecule has 158 valence electrons. The second kappa shape index (κ2) is 8.01. The Bertz CT molecular complexity index is 1270. The van der Waals surface area contributed by atoms with Gasteiger partial charge in [0.05, 0.1) is 10.9 Å². The van der Waals surface area contributed by atoms with E-state index in [1.54, 1.807) is 30.3 Å². The zero-order chi connectivity index (χ0) is 21.6. The predicted octanol–water partition coefficient (Wildman–Crippen LogP) is 6.73. The first kappa shape index (κ1) is 20.6. The summed E-state index contributed by atoms with van der Waals surface area (Å²) in [5.74, 6) is 0.489. The molecule has 0 spiro atoms. The first-order chi connectivity index (χ1) is 14.9. The molecule has 0 unspecified atom stereocenters. The molecule has 3 aromatic carbocycles. The monoisotopic (exact) mass is 514 g/mol. The third-order valence-corrected chi connectivity index (χ3v) is 8.07. The third-order valence-electron chi connectivity index (χ3n) is 5.95. The summed E-state index contributed by atoms with van der Waals surface area (Å²) in [6.07, 6.45) is 5.33. The summed E-state index contributed by atoms with van der Waals surface area (Å²) >= 11 is 9.45. The van der Waals surface area contributed by atoms with Gasteiger partial charge in [-0.05, 0) is 72.0 Å². The molecule has 0 radical (unpaired) electrons. The van der Waals surface area contributed by atoms with Gasteiger partial charge in [-0.1, -0.05) is 57.9 Å². The quantitative estimate of drug-likeness (QED) is 0.379. The molecular formula is C24H20BrClN2O2S. The highest BCUT2D eigenvalue weighted by atomic mass is 79.9. The van der Waals surface area contributed by atoms with Crippen molar-refractivity contribution in [2.24, 2.45) is 5.92 Å². The second-order valence-electron chi connectivity index (χ2n) is 7.89. The van der Waals surface area contributed by atoms with Gasteiger partial charge in [0.1, 0.15) is 0 Å². The number of fused-ring (bicyclic) bond motifs is 3. The van der Waals surface area contributed by atoms with Crippen molar-refractivity contribution in [3.8, 4) is 0 Å². The number of anilines is 2. The van der Waals surface area contributed by atoms with Gasteiger partial charge in [0.15, 0.2) is 0 Å². The Labute approximate surface area is 195 Å². The van der Waals surface area contributed by atoms with Crippen LogP contribution in [0.25, 0.3) is 0 Å². The van der Waals surface area contributed by atoms with Gasteiger partial charge >= 0.3 is 0 Å². The molecule has 31 heavy (non-hydrogen) atoms. The minimum atomic E-state index is -3.70. The first-order valence-electron chi connectivity index (χ1n) is 10.0. The van der Waals surface area contributed by atoms with E-state index >= 15 is 0 Å². The normalized spacial score (nSPS) is 21.8. The highest BCUT2D eigenvalue weighted by Gasteiger charge is 2.38. The van der Waals surface area contributed by atoms with Gasteiger partial charge in [0, 0.05) is 26.8 Å². The first-order valence-corrected chi connectivity index (χ1v) is 12.7. The van der Waals surface area contributed by atoms with Crippen molar-refractivity contribution >= 4 is 48.9 Å². The number of nitrogens with one attached hydrogen (secondary N) is 2. The van der Waals surface area contributed by atoms with Crippen LogP contribution in [0.3, 0.4) is 0 Å².